The van der Waals surface area contributed by atoms with Gasteiger partial charge in [-0.25, -0.2) is 14.2 Å². The molecule has 13 heteroatoms. The molecule has 0 spiro atoms. The van der Waals surface area contributed by atoms with Gasteiger partial charge in [0.1, 0.15) is 11.7 Å². The predicted octanol–water partition coefficient (Wildman–Crippen LogP) is 8.48. The molecule has 4 aromatic rings. The average Bonchev–Trinajstić information content (AvgIpc) is 3.31. The summed E-state index contributed by atoms with van der Waals surface area (Å²) in [6.45, 7) is 1.75. The van der Waals surface area contributed by atoms with Crippen molar-refractivity contribution >= 4 is 23.2 Å². The molecule has 1 aliphatic heterocycles. The second kappa shape index (κ2) is 12.5. The number of halogens is 7. The lowest BCUT2D eigenvalue weighted by atomic mass is 9.94. The first-order chi connectivity index (χ1) is 21.6. The lowest BCUT2D eigenvalue weighted by molar-refractivity contribution is -0.138. The summed E-state index contributed by atoms with van der Waals surface area (Å²) in [5.74, 6) is -2.05. The van der Waals surface area contributed by atoms with Crippen LogP contribution in [0.3, 0.4) is 0 Å². The molecule has 46 heavy (non-hydrogen) atoms. The SMILES string of the molecule is Cc1cc(CCCC2=NN(c3ccc(C(F)(F)F)cc3)C(O)N2c2ccccc2F)ccc1-c1ccc(C(F)(F)F)c(C(=O)O)c1. The number of alkyl halides is 6. The Morgan fingerprint density at radius 1 is 0.870 bits per heavy atom. The van der Waals surface area contributed by atoms with Crippen LogP contribution < -0.4 is 9.91 Å². The summed E-state index contributed by atoms with van der Waals surface area (Å²) >= 11 is 0. The smallest absolute Gasteiger partial charge is 0.417 e. The minimum absolute atomic E-state index is 0.0284. The van der Waals surface area contributed by atoms with Gasteiger partial charge in [0.05, 0.1) is 28.1 Å². The average molecular weight is 646 g/mol. The van der Waals surface area contributed by atoms with E-state index in [0.717, 1.165) is 34.8 Å². The fraction of sp³-hybridized carbons (Fsp3) is 0.212. The summed E-state index contributed by atoms with van der Waals surface area (Å²) in [6.07, 6.45) is -9.73. The molecule has 0 bridgehead atoms. The van der Waals surface area contributed by atoms with Gasteiger partial charge in [0.25, 0.3) is 0 Å². The summed E-state index contributed by atoms with van der Waals surface area (Å²) in [5, 5.41) is 26.0. The number of hydrogen-bond donors (Lipinski definition) is 2. The van der Waals surface area contributed by atoms with E-state index >= 15 is 0 Å². The Morgan fingerprint density at radius 3 is 2.17 bits per heavy atom. The van der Waals surface area contributed by atoms with Crippen LogP contribution in [0, 0.1) is 12.7 Å². The first kappa shape index (κ1) is 32.5. The number of benzene rings is 4. The highest BCUT2D eigenvalue weighted by molar-refractivity contribution is 6.01. The van der Waals surface area contributed by atoms with Crippen LogP contribution in [0.1, 0.15) is 45.5 Å². The Balaban J connectivity index is 1.36. The summed E-state index contributed by atoms with van der Waals surface area (Å²) in [7, 11) is 0. The molecule has 0 aromatic heterocycles. The van der Waals surface area contributed by atoms with Gasteiger partial charge >= 0.3 is 18.3 Å². The third-order valence-corrected chi connectivity index (χ3v) is 7.55. The number of aliphatic hydroxyl groups excluding tert-OH is 1. The molecule has 0 saturated carbocycles. The lowest BCUT2D eigenvalue weighted by Gasteiger charge is -2.28. The molecule has 4 aromatic carbocycles. The minimum atomic E-state index is -4.82. The van der Waals surface area contributed by atoms with E-state index in [0.29, 0.717) is 29.5 Å². The van der Waals surface area contributed by atoms with Crippen LogP contribution in [0.4, 0.5) is 42.1 Å². The van der Waals surface area contributed by atoms with Crippen LogP contribution >= 0.6 is 0 Å². The fourth-order valence-electron chi connectivity index (χ4n) is 5.33. The molecule has 240 valence electrons. The highest BCUT2D eigenvalue weighted by Gasteiger charge is 2.37. The third-order valence-electron chi connectivity index (χ3n) is 7.55. The number of anilines is 2. The van der Waals surface area contributed by atoms with Crippen LogP contribution in [0.15, 0.2) is 90.0 Å². The Bertz CT molecular complexity index is 1790. The summed E-state index contributed by atoms with van der Waals surface area (Å²) in [6, 6.07) is 18.0. The number of hydrogen-bond acceptors (Lipinski definition) is 5. The normalized spacial score (nSPS) is 15.3. The van der Waals surface area contributed by atoms with Crippen molar-refractivity contribution in [3.63, 3.8) is 0 Å². The van der Waals surface area contributed by atoms with Crippen molar-refractivity contribution < 1.29 is 45.7 Å². The van der Waals surface area contributed by atoms with Gasteiger partial charge in [-0.15, -0.1) is 0 Å². The Kier molecular flexibility index (Phi) is 8.81. The van der Waals surface area contributed by atoms with E-state index in [9.17, 15) is 45.7 Å². The second-order valence-electron chi connectivity index (χ2n) is 10.6. The van der Waals surface area contributed by atoms with Gasteiger partial charge in [-0.3, -0.25) is 4.90 Å². The van der Waals surface area contributed by atoms with Crippen molar-refractivity contribution in [2.45, 2.75) is 44.9 Å². The number of carboxylic acids is 1. The van der Waals surface area contributed by atoms with Crippen LogP contribution in [0.25, 0.3) is 11.1 Å². The first-order valence-electron chi connectivity index (χ1n) is 14.0. The molecule has 6 nitrogen and oxygen atoms in total. The van der Waals surface area contributed by atoms with E-state index in [-0.39, 0.29) is 23.6 Å². The number of nitrogens with zero attached hydrogens (tertiary/aromatic N) is 3. The van der Waals surface area contributed by atoms with Crippen molar-refractivity contribution in [1.29, 1.82) is 0 Å². The number of aryl methyl sites for hydroxylation is 2. The van der Waals surface area contributed by atoms with Crippen LogP contribution in [-0.4, -0.2) is 28.4 Å². The van der Waals surface area contributed by atoms with Gasteiger partial charge in [0.2, 0.25) is 6.35 Å². The number of carboxylic acid groups (broad SMARTS) is 1. The molecule has 2 N–H and O–H groups in total. The number of rotatable bonds is 8. The molecular weight excluding hydrogens is 619 g/mol. The molecule has 0 saturated heterocycles. The van der Waals surface area contributed by atoms with E-state index in [4.69, 9.17) is 0 Å². The quantitative estimate of drug-likeness (QED) is 0.188. The van der Waals surface area contributed by atoms with Crippen LogP contribution in [-0.2, 0) is 18.8 Å². The van der Waals surface area contributed by atoms with E-state index in [1.165, 1.54) is 41.3 Å². The van der Waals surface area contributed by atoms with E-state index in [1.807, 2.05) is 6.07 Å². The number of hydrazone groups is 1. The predicted molar refractivity (Wildman–Crippen MR) is 158 cm³/mol. The van der Waals surface area contributed by atoms with Crippen molar-refractivity contribution in [3.8, 4) is 11.1 Å². The van der Waals surface area contributed by atoms with Gasteiger partial charge in [-0.2, -0.15) is 31.4 Å². The maximum atomic E-state index is 14.8. The van der Waals surface area contributed by atoms with E-state index in [2.05, 4.69) is 5.10 Å². The summed E-state index contributed by atoms with van der Waals surface area (Å²) in [4.78, 5) is 12.8. The number of aromatic carboxylic acids is 1. The zero-order chi connectivity index (χ0) is 33.4. The number of amidine groups is 1. The lowest BCUT2D eigenvalue weighted by Crippen LogP contribution is -2.42. The zero-order valence-electron chi connectivity index (χ0n) is 24.1. The molecule has 0 fully saturated rings. The van der Waals surface area contributed by atoms with Gasteiger partial charge in [-0.1, -0.05) is 36.4 Å². The molecular formula is C33H26F7N3O3. The van der Waals surface area contributed by atoms with Gasteiger partial charge in [0.15, 0.2) is 0 Å². The monoisotopic (exact) mass is 645 g/mol. The highest BCUT2D eigenvalue weighted by atomic mass is 19.4. The Labute approximate surface area is 258 Å². The maximum absolute atomic E-state index is 14.8. The topological polar surface area (TPSA) is 76.4 Å². The fourth-order valence-corrected chi connectivity index (χ4v) is 5.33. The Hall–Kier alpha value is -4.91. The summed E-state index contributed by atoms with van der Waals surface area (Å²) in [5.41, 5.74) is -0.350. The third kappa shape index (κ3) is 6.69. The minimum Gasteiger partial charge on any atom is -0.478 e. The molecule has 0 amide bonds. The first-order valence-corrected chi connectivity index (χ1v) is 14.0. The van der Waals surface area contributed by atoms with Gasteiger partial charge < -0.3 is 10.2 Å². The van der Waals surface area contributed by atoms with Crippen molar-refractivity contribution in [1.82, 2.24) is 0 Å². The van der Waals surface area contributed by atoms with E-state index in [1.54, 1.807) is 25.1 Å². The maximum Gasteiger partial charge on any atom is 0.417 e. The molecule has 1 heterocycles. The summed E-state index contributed by atoms with van der Waals surface area (Å²) < 4.78 is 93.9. The molecule has 0 radical (unpaired) electrons. The molecule has 5 rings (SSSR count). The zero-order valence-corrected chi connectivity index (χ0v) is 24.1. The largest absolute Gasteiger partial charge is 0.478 e. The molecule has 0 aliphatic carbocycles. The molecule has 1 aliphatic rings. The van der Waals surface area contributed by atoms with Crippen molar-refractivity contribution in [2.24, 2.45) is 5.10 Å². The number of para-hydroxylation sites is 1. The van der Waals surface area contributed by atoms with E-state index < -0.39 is 47.2 Å². The number of carbonyl (C=O) groups is 1. The molecule has 1 unspecified atom stereocenters. The van der Waals surface area contributed by atoms with Gasteiger partial charge in [-0.05, 0) is 90.6 Å². The molecule has 1 atom stereocenters. The second-order valence-corrected chi connectivity index (χ2v) is 10.6. The number of aliphatic hydroxyl groups is 1. The van der Waals surface area contributed by atoms with Crippen molar-refractivity contribution in [3.05, 3.63) is 119 Å². The van der Waals surface area contributed by atoms with Crippen LogP contribution in [0.5, 0.6) is 0 Å². The highest BCUT2D eigenvalue weighted by Crippen LogP contribution is 2.37. The van der Waals surface area contributed by atoms with Crippen molar-refractivity contribution in [2.75, 3.05) is 9.91 Å². The Morgan fingerprint density at radius 2 is 1.57 bits per heavy atom. The van der Waals surface area contributed by atoms with Gasteiger partial charge in [0, 0.05) is 6.42 Å². The standard InChI is InChI=1S/C33H26F7N3O3/c1-19-17-20(9-15-24(19)21-10-16-26(33(38,39)40)25(18-21)30(44)45)5-4-8-29-41-43(23-13-11-22(12-14-23)32(35,36)37)31(46)42(29)28-7-3-2-6-27(28)34/h2-3,6-7,9-18,31,46H,4-5,8H2,1H3,(H,44,45). The van der Waals surface area contributed by atoms with Crippen LogP contribution in [0.2, 0.25) is 0 Å².